The van der Waals surface area contributed by atoms with Crippen LogP contribution in [0.25, 0.3) is 0 Å². The van der Waals surface area contributed by atoms with E-state index in [2.05, 4.69) is 14.7 Å². The van der Waals surface area contributed by atoms with E-state index in [0.29, 0.717) is 0 Å². The van der Waals surface area contributed by atoms with Gasteiger partial charge in [-0.1, -0.05) is 0 Å². The van der Waals surface area contributed by atoms with E-state index >= 15 is 0 Å². The first-order valence-electron chi connectivity index (χ1n) is 9.08. The Morgan fingerprint density at radius 2 is 1.79 bits per heavy atom. The zero-order valence-corrected chi connectivity index (χ0v) is 17.2. The van der Waals surface area contributed by atoms with E-state index in [4.69, 9.17) is 15.5 Å². The highest BCUT2D eigenvalue weighted by atomic mass is 31.2. The molecule has 0 fully saturated rings. The van der Waals surface area contributed by atoms with Crippen molar-refractivity contribution in [3.05, 3.63) is 46.8 Å². The number of phosphoric ester groups is 1. The molecule has 1 aromatic carbocycles. The maximum atomic E-state index is 14.2. The number of phosphoric acid groups is 1. The van der Waals surface area contributed by atoms with Crippen molar-refractivity contribution in [1.29, 1.82) is 0 Å². The summed E-state index contributed by atoms with van der Waals surface area (Å²) in [5.74, 6) is -6.75. The summed E-state index contributed by atoms with van der Waals surface area (Å²) in [6, 6.07) is -1.25. The van der Waals surface area contributed by atoms with Crippen molar-refractivity contribution in [3.8, 4) is 0 Å². The minimum absolute atomic E-state index is 0.116. The van der Waals surface area contributed by atoms with Gasteiger partial charge in [-0.05, 0) is 6.07 Å². The van der Waals surface area contributed by atoms with Gasteiger partial charge in [-0.15, -0.1) is 10.2 Å². The minimum Gasteiger partial charge on any atom is -0.333 e. The molecular formula is C16H16F6N5O5P. The van der Waals surface area contributed by atoms with Crippen LogP contribution in [0.4, 0.5) is 26.3 Å². The summed E-state index contributed by atoms with van der Waals surface area (Å²) in [4.78, 5) is 31.9. The van der Waals surface area contributed by atoms with Gasteiger partial charge in [0.15, 0.2) is 17.5 Å². The molecule has 10 nitrogen and oxygen atoms in total. The number of hydrogen-bond donors (Lipinski definition) is 3. The van der Waals surface area contributed by atoms with Crippen molar-refractivity contribution in [2.24, 2.45) is 5.73 Å². The monoisotopic (exact) mass is 503 g/mol. The highest BCUT2D eigenvalue weighted by Crippen LogP contribution is 2.44. The molecule has 0 saturated carbocycles. The molecule has 0 radical (unpaired) electrons. The predicted octanol–water partition coefficient (Wildman–Crippen LogP) is 1.62. The van der Waals surface area contributed by atoms with Gasteiger partial charge >= 0.3 is 14.0 Å². The molecule has 1 aromatic heterocycles. The summed E-state index contributed by atoms with van der Waals surface area (Å²) < 4.78 is 96.3. The molecule has 4 N–H and O–H groups in total. The van der Waals surface area contributed by atoms with Gasteiger partial charge in [-0.3, -0.25) is 9.32 Å². The fourth-order valence-corrected chi connectivity index (χ4v) is 3.85. The van der Waals surface area contributed by atoms with Gasteiger partial charge in [-0.2, -0.15) is 13.2 Å². The molecule has 1 aliphatic rings. The van der Waals surface area contributed by atoms with E-state index in [1.807, 2.05) is 0 Å². The van der Waals surface area contributed by atoms with Crippen molar-refractivity contribution in [2.75, 3.05) is 6.54 Å². The zero-order chi connectivity index (χ0) is 24.7. The zero-order valence-electron chi connectivity index (χ0n) is 16.3. The first-order valence-corrected chi connectivity index (χ1v) is 10.6. The number of carbonyl (C=O) groups is 1. The molecule has 2 aromatic rings. The van der Waals surface area contributed by atoms with Gasteiger partial charge in [0.05, 0.1) is 6.54 Å². The van der Waals surface area contributed by atoms with E-state index in [0.717, 1.165) is 9.47 Å². The molecule has 1 amide bonds. The number of hydrogen-bond acceptors (Lipinski definition) is 6. The van der Waals surface area contributed by atoms with Gasteiger partial charge in [0.2, 0.25) is 11.7 Å². The average molecular weight is 503 g/mol. The van der Waals surface area contributed by atoms with Crippen molar-refractivity contribution in [3.63, 3.8) is 0 Å². The normalized spacial score (nSPS) is 16.5. The van der Waals surface area contributed by atoms with Crippen LogP contribution in [-0.2, 0) is 33.1 Å². The number of aromatic nitrogens is 3. The molecule has 17 heteroatoms. The van der Waals surface area contributed by atoms with E-state index in [1.54, 1.807) is 0 Å². The highest BCUT2D eigenvalue weighted by molar-refractivity contribution is 7.46. The van der Waals surface area contributed by atoms with E-state index in [-0.39, 0.29) is 37.6 Å². The maximum absolute atomic E-state index is 14.2. The number of fused-ring (bicyclic) bond motifs is 1. The molecule has 33 heavy (non-hydrogen) atoms. The Bertz CT molecular complexity index is 1110. The second-order valence-electron chi connectivity index (χ2n) is 7.08. The lowest BCUT2D eigenvalue weighted by atomic mass is 9.99. The molecule has 182 valence electrons. The third-order valence-corrected chi connectivity index (χ3v) is 5.26. The second kappa shape index (κ2) is 9.02. The number of amides is 1. The lowest BCUT2D eigenvalue weighted by molar-refractivity contribution is -0.148. The standard InChI is InChI=1S/C16H16F6N5O5P/c17-8-4-10(19)9(18)3-7(8)14(32-33(29,30)31)11(23)5-13(28)26-1-2-27-12(6-26)24-25-15(27)16(20,21)22/h3-4,11,14H,1-2,5-6,23H2,(H2,29,30,31)/t11-,14?/m1/s1. The van der Waals surface area contributed by atoms with Crippen molar-refractivity contribution in [2.45, 2.75) is 37.8 Å². The third kappa shape index (κ3) is 5.70. The molecule has 3 rings (SSSR count). The van der Waals surface area contributed by atoms with Gasteiger partial charge in [0.25, 0.3) is 0 Å². The lowest BCUT2D eigenvalue weighted by Gasteiger charge is -2.30. The summed E-state index contributed by atoms with van der Waals surface area (Å²) in [6.45, 7) is -0.875. The Labute approximate surface area is 181 Å². The van der Waals surface area contributed by atoms with Crippen LogP contribution < -0.4 is 5.73 Å². The topological polar surface area (TPSA) is 144 Å². The fraction of sp³-hybridized carbons (Fsp3) is 0.438. The van der Waals surface area contributed by atoms with Gasteiger partial charge in [0, 0.05) is 37.2 Å². The Balaban J connectivity index is 1.79. The number of nitrogens with two attached hydrogens (primary N) is 1. The predicted molar refractivity (Wildman–Crippen MR) is 95.2 cm³/mol. The number of halogens is 6. The minimum atomic E-state index is -5.34. The third-order valence-electron chi connectivity index (χ3n) is 4.76. The molecule has 2 atom stereocenters. The van der Waals surface area contributed by atoms with Crippen LogP contribution in [0.3, 0.4) is 0 Å². The molecule has 1 unspecified atom stereocenters. The number of alkyl halides is 3. The second-order valence-corrected chi connectivity index (χ2v) is 8.27. The molecule has 0 bridgehead atoms. The van der Waals surface area contributed by atoms with Crippen LogP contribution in [0, 0.1) is 17.5 Å². The molecule has 0 aliphatic carbocycles. The fourth-order valence-electron chi connectivity index (χ4n) is 3.29. The van der Waals surface area contributed by atoms with Crippen LogP contribution in [-0.4, -0.2) is 47.9 Å². The number of benzene rings is 1. The summed E-state index contributed by atoms with van der Waals surface area (Å²) in [5.41, 5.74) is 4.96. The highest BCUT2D eigenvalue weighted by Gasteiger charge is 2.40. The van der Waals surface area contributed by atoms with Crippen LogP contribution in [0.1, 0.15) is 29.7 Å². The summed E-state index contributed by atoms with van der Waals surface area (Å²) >= 11 is 0. The first kappa shape index (κ1) is 25.1. The van der Waals surface area contributed by atoms with E-state index in [1.165, 1.54) is 0 Å². The summed E-state index contributed by atoms with van der Waals surface area (Å²) in [6.07, 6.45) is -7.54. The molecule has 1 aliphatic heterocycles. The summed E-state index contributed by atoms with van der Waals surface area (Å²) in [7, 11) is -5.34. The van der Waals surface area contributed by atoms with Gasteiger partial charge in [0.1, 0.15) is 11.9 Å². The maximum Gasteiger partial charge on any atom is 0.470 e. The smallest absolute Gasteiger partial charge is 0.333 e. The lowest BCUT2D eigenvalue weighted by Crippen LogP contribution is -2.43. The molecular weight excluding hydrogens is 487 g/mol. The van der Waals surface area contributed by atoms with Crippen LogP contribution >= 0.6 is 7.82 Å². The quantitative estimate of drug-likeness (QED) is 0.307. The Kier molecular flexibility index (Phi) is 6.87. The van der Waals surface area contributed by atoms with Crippen LogP contribution in [0.2, 0.25) is 0 Å². The van der Waals surface area contributed by atoms with Gasteiger partial charge < -0.3 is 25.0 Å². The van der Waals surface area contributed by atoms with Crippen LogP contribution in [0.15, 0.2) is 12.1 Å². The van der Waals surface area contributed by atoms with Crippen molar-refractivity contribution < 1.29 is 50.0 Å². The van der Waals surface area contributed by atoms with Crippen LogP contribution in [0.5, 0.6) is 0 Å². The van der Waals surface area contributed by atoms with Gasteiger partial charge in [-0.25, -0.2) is 17.7 Å². The molecule has 2 heterocycles. The molecule has 0 saturated heterocycles. The molecule has 0 spiro atoms. The summed E-state index contributed by atoms with van der Waals surface area (Å²) in [5, 5.41) is 6.48. The first-order chi connectivity index (χ1) is 15.2. The average Bonchev–Trinajstić information content (AvgIpc) is 3.12. The SMILES string of the molecule is N[C@H](CC(=O)N1CCn2c(nnc2C(F)(F)F)C1)C(OP(=O)(O)O)c1cc(F)c(F)cc1F. The number of rotatable bonds is 6. The van der Waals surface area contributed by atoms with Crippen molar-refractivity contribution >= 4 is 13.7 Å². The number of carbonyl (C=O) groups excluding carboxylic acids is 1. The Hall–Kier alpha value is -2.52. The number of nitrogens with zero attached hydrogens (tertiary/aromatic N) is 4. The Morgan fingerprint density at radius 3 is 2.39 bits per heavy atom. The van der Waals surface area contributed by atoms with E-state index in [9.17, 15) is 35.7 Å². The Morgan fingerprint density at radius 1 is 1.15 bits per heavy atom. The van der Waals surface area contributed by atoms with Crippen molar-refractivity contribution in [1.82, 2.24) is 19.7 Å². The van der Waals surface area contributed by atoms with E-state index < -0.39 is 67.3 Å². The largest absolute Gasteiger partial charge is 0.470 e.